The van der Waals surface area contributed by atoms with Gasteiger partial charge in [-0.3, -0.25) is 4.84 Å². The highest BCUT2D eigenvalue weighted by molar-refractivity contribution is 5.60. The van der Waals surface area contributed by atoms with Crippen molar-refractivity contribution in [1.29, 1.82) is 0 Å². The molecule has 1 heterocycles. The number of nitrogens with zero attached hydrogens (tertiary/aromatic N) is 1. The largest absolute Gasteiger partial charge is 0.534 e. The Morgan fingerprint density at radius 2 is 0.800 bits per heavy atom. The van der Waals surface area contributed by atoms with Crippen LogP contribution in [0.15, 0.2) is 12.1 Å². The van der Waals surface area contributed by atoms with Gasteiger partial charge in [0.2, 0.25) is 11.8 Å². The Balaban J connectivity index is 1.66. The topological polar surface area (TPSA) is 136 Å². The van der Waals surface area contributed by atoms with Crippen molar-refractivity contribution in [3.05, 3.63) is 12.1 Å². The molecule has 0 amide bonds. The zero-order valence-corrected chi connectivity index (χ0v) is 27.8. The van der Waals surface area contributed by atoms with E-state index in [2.05, 4.69) is 11.8 Å². The van der Waals surface area contributed by atoms with Crippen LogP contribution in [0, 0.1) is 0 Å². The molecule has 0 radical (unpaired) electrons. The summed E-state index contributed by atoms with van der Waals surface area (Å²) in [5, 5.41) is 18.8. The van der Waals surface area contributed by atoms with E-state index in [-0.39, 0.29) is 13.2 Å². The molecule has 1 rings (SSSR count). The van der Waals surface area contributed by atoms with E-state index in [1.165, 1.54) is 95.6 Å². The van der Waals surface area contributed by atoms with Gasteiger partial charge in [-0.1, -0.05) is 90.4 Å². The minimum Gasteiger partial charge on any atom is -0.492 e. The Kier molecular flexibility index (Phi) is 29.0. The van der Waals surface area contributed by atoms with Gasteiger partial charge in [-0.15, -0.1) is 4.73 Å². The Hall–Kier alpha value is -2.09. The molecule has 264 valence electrons. The Bertz CT molecular complexity index is 758. The van der Waals surface area contributed by atoms with Crippen LogP contribution in [-0.2, 0) is 33.2 Å². The third-order valence-electron chi connectivity index (χ3n) is 6.91. The van der Waals surface area contributed by atoms with Crippen molar-refractivity contribution in [2.45, 2.75) is 96.8 Å². The quantitative estimate of drug-likeness (QED) is 0.0669. The summed E-state index contributed by atoms with van der Waals surface area (Å²) in [6, 6.07) is 2.33. The van der Waals surface area contributed by atoms with Crippen molar-refractivity contribution >= 4 is 6.16 Å². The third kappa shape index (κ3) is 26.8. The highest BCUT2D eigenvalue weighted by atomic mass is 16.8. The van der Waals surface area contributed by atoms with Crippen LogP contribution in [-0.4, -0.2) is 107 Å². The second-order valence-electron chi connectivity index (χ2n) is 10.8. The van der Waals surface area contributed by atoms with Crippen LogP contribution < -0.4 is 4.84 Å². The van der Waals surface area contributed by atoms with E-state index in [1.54, 1.807) is 0 Å². The van der Waals surface area contributed by atoms with Crippen molar-refractivity contribution < 1.29 is 53.0 Å². The first-order valence-corrected chi connectivity index (χ1v) is 17.1. The average molecular weight is 648 g/mol. The second kappa shape index (κ2) is 31.9. The van der Waals surface area contributed by atoms with Crippen molar-refractivity contribution in [2.75, 3.05) is 85.9 Å². The molecule has 0 saturated heterocycles. The maximum atomic E-state index is 11.5. The molecule has 0 aromatic carbocycles. The van der Waals surface area contributed by atoms with Crippen LogP contribution in [0.2, 0.25) is 0 Å². The summed E-state index contributed by atoms with van der Waals surface area (Å²) in [7, 11) is 0. The lowest BCUT2D eigenvalue weighted by molar-refractivity contribution is -0.0212. The van der Waals surface area contributed by atoms with Gasteiger partial charge in [0.1, 0.15) is 6.61 Å². The van der Waals surface area contributed by atoms with Crippen molar-refractivity contribution in [3.63, 3.8) is 0 Å². The van der Waals surface area contributed by atoms with E-state index >= 15 is 0 Å². The highest BCUT2D eigenvalue weighted by Gasteiger charge is 2.13. The number of aromatic nitrogens is 1. The minimum absolute atomic E-state index is 0.0525. The first kappa shape index (κ1) is 40.9. The van der Waals surface area contributed by atoms with Crippen LogP contribution in [0.1, 0.15) is 96.8 Å². The zero-order chi connectivity index (χ0) is 32.5. The molecule has 0 fully saturated rings. The summed E-state index contributed by atoms with van der Waals surface area (Å²) in [5.74, 6) is -0.859. The molecule has 12 heteroatoms. The van der Waals surface area contributed by atoms with Gasteiger partial charge in [-0.25, -0.2) is 4.79 Å². The third-order valence-corrected chi connectivity index (χ3v) is 6.91. The molecule has 0 aliphatic carbocycles. The lowest BCUT2D eigenvalue weighted by atomic mass is 10.0. The molecular weight excluding hydrogens is 586 g/mol. The molecule has 0 aliphatic rings. The fourth-order valence-corrected chi connectivity index (χ4v) is 4.38. The highest BCUT2D eigenvalue weighted by Crippen LogP contribution is 2.18. The number of carbonyl (C=O) groups is 1. The predicted molar refractivity (Wildman–Crippen MR) is 171 cm³/mol. The molecule has 0 saturated carbocycles. The van der Waals surface area contributed by atoms with Gasteiger partial charge in [-0.05, 0) is 6.42 Å². The number of hydrogen-bond donors (Lipinski definition) is 2. The molecule has 2 N–H and O–H groups in total. The summed E-state index contributed by atoms with van der Waals surface area (Å²) >= 11 is 0. The summed E-state index contributed by atoms with van der Waals surface area (Å²) in [4.78, 5) is 16.1. The molecular formula is C33H61NO11. The van der Waals surface area contributed by atoms with E-state index < -0.39 is 17.9 Å². The van der Waals surface area contributed by atoms with Crippen molar-refractivity contribution in [3.8, 4) is 11.8 Å². The van der Waals surface area contributed by atoms with Crippen molar-refractivity contribution in [1.82, 2.24) is 4.73 Å². The molecule has 0 atom stereocenters. The van der Waals surface area contributed by atoms with E-state index in [0.29, 0.717) is 70.8 Å². The molecule has 0 aliphatic heterocycles. The number of carbonyl (C=O) groups excluding carboxylic acids is 1. The van der Waals surface area contributed by atoms with Gasteiger partial charge >= 0.3 is 6.16 Å². The summed E-state index contributed by atoms with van der Waals surface area (Å²) in [6.07, 6.45) is 18.0. The van der Waals surface area contributed by atoms with Crippen LogP contribution in [0.4, 0.5) is 4.79 Å². The SMILES string of the molecule is CCCCCCCCCCCCCCCCOCCOCCOCCOCCOCCOCCOC(=O)On1c(O)ccc1O. The first-order valence-electron chi connectivity index (χ1n) is 17.1. The minimum atomic E-state index is -1.08. The van der Waals surface area contributed by atoms with E-state index in [9.17, 15) is 15.0 Å². The Morgan fingerprint density at radius 3 is 1.18 bits per heavy atom. The molecule has 1 aromatic rings. The predicted octanol–water partition coefficient (Wildman–Crippen LogP) is 6.05. The van der Waals surface area contributed by atoms with Crippen LogP contribution in [0.3, 0.4) is 0 Å². The average Bonchev–Trinajstić information content (AvgIpc) is 3.35. The molecule has 0 spiro atoms. The molecule has 0 unspecified atom stereocenters. The van der Waals surface area contributed by atoms with Gasteiger partial charge < -0.3 is 43.4 Å². The second-order valence-corrected chi connectivity index (χ2v) is 10.8. The van der Waals surface area contributed by atoms with Crippen LogP contribution in [0.5, 0.6) is 11.8 Å². The maximum Gasteiger partial charge on any atom is 0.534 e. The van der Waals surface area contributed by atoms with E-state index in [1.807, 2.05) is 0 Å². The zero-order valence-electron chi connectivity index (χ0n) is 27.8. The number of aromatic hydroxyl groups is 2. The normalized spacial score (nSPS) is 11.3. The molecule has 45 heavy (non-hydrogen) atoms. The number of rotatable bonds is 34. The molecule has 0 bridgehead atoms. The maximum absolute atomic E-state index is 11.5. The summed E-state index contributed by atoms with van der Waals surface area (Å²) < 4.78 is 38.1. The number of unbranched alkanes of at least 4 members (excludes halogenated alkanes) is 13. The van der Waals surface area contributed by atoms with Gasteiger partial charge in [0, 0.05) is 18.7 Å². The van der Waals surface area contributed by atoms with Gasteiger partial charge in [-0.2, -0.15) is 0 Å². The molecule has 1 aromatic heterocycles. The smallest absolute Gasteiger partial charge is 0.492 e. The number of ether oxygens (including phenoxy) is 7. The van der Waals surface area contributed by atoms with Gasteiger partial charge in [0.25, 0.3) is 0 Å². The lowest BCUT2D eigenvalue weighted by Gasteiger charge is -2.09. The number of hydrogen-bond acceptors (Lipinski definition) is 11. The van der Waals surface area contributed by atoms with Crippen LogP contribution in [0.25, 0.3) is 0 Å². The van der Waals surface area contributed by atoms with Crippen molar-refractivity contribution in [2.24, 2.45) is 0 Å². The Labute approximate surface area is 270 Å². The Morgan fingerprint density at radius 1 is 0.489 bits per heavy atom. The standard InChI is InChI=1S/C33H61NO11/c1-2-3-4-5-6-7-8-9-10-11-12-13-14-15-18-38-19-20-39-21-22-40-23-24-41-25-26-42-27-28-43-29-30-44-33(37)45-34-31(35)16-17-32(34)36/h16-17,35-36H,2-15,18-30H2,1H3. The van der Waals surface area contributed by atoms with Crippen LogP contribution >= 0.6 is 0 Å². The lowest BCUT2D eigenvalue weighted by Crippen LogP contribution is -2.22. The van der Waals surface area contributed by atoms with E-state index in [0.717, 1.165) is 13.0 Å². The first-order chi connectivity index (χ1) is 22.1. The monoisotopic (exact) mass is 647 g/mol. The fourth-order valence-electron chi connectivity index (χ4n) is 4.38. The summed E-state index contributed by atoms with van der Waals surface area (Å²) in [5.41, 5.74) is 0. The van der Waals surface area contributed by atoms with E-state index in [4.69, 9.17) is 33.2 Å². The fraction of sp³-hybridized carbons (Fsp3) is 0.848. The molecule has 12 nitrogen and oxygen atoms in total. The van der Waals surface area contributed by atoms with Gasteiger partial charge in [0.05, 0.1) is 72.7 Å². The van der Waals surface area contributed by atoms with Gasteiger partial charge in [0.15, 0.2) is 0 Å². The summed E-state index contributed by atoms with van der Waals surface area (Å²) in [6.45, 7) is 8.01.